The highest BCUT2D eigenvalue weighted by Gasteiger charge is 2.21. The Balaban J connectivity index is 1.78. The minimum absolute atomic E-state index is 0.0239. The number of halogens is 2. The van der Waals surface area contributed by atoms with Gasteiger partial charge < -0.3 is 15.2 Å². The highest BCUT2D eigenvalue weighted by Crippen LogP contribution is 2.41. The number of azo groups is 1. The van der Waals surface area contributed by atoms with Crippen molar-refractivity contribution < 1.29 is 27.6 Å². The lowest BCUT2D eigenvalue weighted by Crippen LogP contribution is -2.12. The van der Waals surface area contributed by atoms with Crippen LogP contribution in [0, 0.1) is 6.92 Å². The van der Waals surface area contributed by atoms with Crippen molar-refractivity contribution in [3.05, 3.63) is 81.8 Å². The van der Waals surface area contributed by atoms with Crippen LogP contribution in [0.2, 0.25) is 10.0 Å². The zero-order chi connectivity index (χ0) is 27.6. The Bertz CT molecular complexity index is 1710. The van der Waals surface area contributed by atoms with Crippen LogP contribution >= 0.6 is 23.2 Å². The van der Waals surface area contributed by atoms with Crippen molar-refractivity contribution in [1.29, 1.82) is 0 Å². The summed E-state index contributed by atoms with van der Waals surface area (Å²) in [7, 11) is -4.54. The van der Waals surface area contributed by atoms with E-state index in [1.54, 1.807) is 36.4 Å². The molecule has 0 unspecified atom stereocenters. The number of anilines is 1. The Morgan fingerprint density at radius 2 is 1.71 bits per heavy atom. The maximum atomic E-state index is 13.2. The van der Waals surface area contributed by atoms with Gasteiger partial charge in [-0.15, -0.1) is 10.2 Å². The number of carbonyl (C=O) groups excluding carboxylic acids is 1. The fraction of sp³-hybridized carbons (Fsp3) is 0.115. The summed E-state index contributed by atoms with van der Waals surface area (Å²) < 4.78 is 38.3. The topological polar surface area (TPSA) is 138 Å². The van der Waals surface area contributed by atoms with Gasteiger partial charge in [0.25, 0.3) is 16.0 Å². The van der Waals surface area contributed by atoms with Gasteiger partial charge in [0.15, 0.2) is 5.75 Å². The van der Waals surface area contributed by atoms with E-state index in [-0.39, 0.29) is 32.4 Å². The van der Waals surface area contributed by atoms with E-state index >= 15 is 0 Å². The number of nitrogens with one attached hydrogen (secondary N) is 1. The number of hydrogen-bond acceptors (Lipinski definition) is 7. The fourth-order valence-electron chi connectivity index (χ4n) is 3.79. The highest BCUT2D eigenvalue weighted by atomic mass is 35.5. The second-order valence-corrected chi connectivity index (χ2v) is 10.3. The van der Waals surface area contributed by atoms with Crippen molar-refractivity contribution in [2.45, 2.75) is 18.7 Å². The Labute approximate surface area is 228 Å². The first-order chi connectivity index (χ1) is 18.0. The zero-order valence-corrected chi connectivity index (χ0v) is 22.4. The first-order valence-corrected chi connectivity index (χ1v) is 13.4. The molecule has 0 aromatic heterocycles. The third-order valence-corrected chi connectivity index (χ3v) is 7.19. The number of rotatable bonds is 7. The van der Waals surface area contributed by atoms with Gasteiger partial charge in [0.05, 0.1) is 27.1 Å². The molecule has 4 aromatic carbocycles. The SMILES string of the molecule is CCOc1ccc(NC(=O)c2cc3ccccc3c(N=Nc3c(Cl)ccc(S(=O)(=O)O)c3C)c2O)cc1Cl. The molecular weight excluding hydrogens is 553 g/mol. The molecule has 3 N–H and O–H groups in total. The number of fused-ring (bicyclic) bond motifs is 1. The summed E-state index contributed by atoms with van der Waals surface area (Å²) in [4.78, 5) is 12.8. The van der Waals surface area contributed by atoms with Crippen LogP contribution < -0.4 is 10.1 Å². The van der Waals surface area contributed by atoms with Gasteiger partial charge >= 0.3 is 0 Å². The van der Waals surface area contributed by atoms with Gasteiger partial charge in [0, 0.05) is 11.1 Å². The zero-order valence-electron chi connectivity index (χ0n) is 20.1. The smallest absolute Gasteiger partial charge is 0.294 e. The number of carbonyl (C=O) groups is 1. The highest BCUT2D eigenvalue weighted by molar-refractivity contribution is 7.85. The third-order valence-electron chi connectivity index (χ3n) is 5.59. The molecule has 0 atom stereocenters. The molecule has 4 aromatic rings. The Morgan fingerprint density at radius 1 is 1.00 bits per heavy atom. The van der Waals surface area contributed by atoms with E-state index < -0.39 is 21.8 Å². The first kappa shape index (κ1) is 27.3. The number of aromatic hydroxyl groups is 1. The van der Waals surface area contributed by atoms with Crippen LogP contribution in [0.25, 0.3) is 10.8 Å². The van der Waals surface area contributed by atoms with E-state index in [9.17, 15) is 22.9 Å². The van der Waals surface area contributed by atoms with Crippen LogP contribution in [-0.4, -0.2) is 30.6 Å². The normalized spacial score (nSPS) is 11.7. The molecule has 12 heteroatoms. The first-order valence-electron chi connectivity index (χ1n) is 11.2. The predicted molar refractivity (Wildman–Crippen MR) is 146 cm³/mol. The largest absolute Gasteiger partial charge is 0.505 e. The summed E-state index contributed by atoms with van der Waals surface area (Å²) >= 11 is 12.4. The quantitative estimate of drug-likeness (QED) is 0.155. The molecule has 9 nitrogen and oxygen atoms in total. The maximum Gasteiger partial charge on any atom is 0.294 e. The third kappa shape index (κ3) is 5.58. The van der Waals surface area contributed by atoms with Crippen LogP contribution in [0.1, 0.15) is 22.8 Å². The average molecular weight is 574 g/mol. The van der Waals surface area contributed by atoms with Crippen molar-refractivity contribution in [2.75, 3.05) is 11.9 Å². The average Bonchev–Trinajstić information content (AvgIpc) is 2.85. The van der Waals surface area contributed by atoms with Crippen LogP contribution in [0.5, 0.6) is 11.5 Å². The number of hydrogen-bond donors (Lipinski definition) is 3. The molecule has 4 rings (SSSR count). The van der Waals surface area contributed by atoms with Gasteiger partial charge in [-0.3, -0.25) is 9.35 Å². The van der Waals surface area contributed by atoms with Crippen molar-refractivity contribution in [3.63, 3.8) is 0 Å². The van der Waals surface area contributed by atoms with Crippen LogP contribution in [-0.2, 0) is 10.1 Å². The van der Waals surface area contributed by atoms with Crippen LogP contribution in [0.3, 0.4) is 0 Å². The lowest BCUT2D eigenvalue weighted by molar-refractivity contribution is 0.102. The summed E-state index contributed by atoms with van der Waals surface area (Å²) in [5, 5.41) is 23.4. The van der Waals surface area contributed by atoms with Crippen molar-refractivity contribution in [1.82, 2.24) is 0 Å². The summed E-state index contributed by atoms with van der Waals surface area (Å²) in [6.07, 6.45) is 0. The van der Waals surface area contributed by atoms with Gasteiger partial charge in [-0.25, -0.2) is 0 Å². The molecule has 0 aliphatic rings. The molecule has 196 valence electrons. The molecule has 0 bridgehead atoms. The number of phenols is 1. The number of benzene rings is 4. The standard InChI is InChI=1S/C26H21Cl2N3O6S/c1-3-37-21-10-8-16(13-20(21)28)29-26(33)18-12-15-6-4-5-7-17(15)24(25(18)32)31-30-23-14(2)22(38(34,35)36)11-9-19(23)27/h4-13,32H,3H2,1-2H3,(H,29,33)(H,34,35,36). The van der Waals surface area contributed by atoms with Crippen LogP contribution in [0.4, 0.5) is 17.1 Å². The maximum absolute atomic E-state index is 13.2. The van der Waals surface area contributed by atoms with E-state index in [1.165, 1.54) is 25.1 Å². The summed E-state index contributed by atoms with van der Waals surface area (Å²) in [6, 6.07) is 15.6. The lowest BCUT2D eigenvalue weighted by Gasteiger charge is -2.12. The van der Waals surface area contributed by atoms with E-state index in [1.807, 2.05) is 6.92 Å². The van der Waals surface area contributed by atoms with E-state index in [4.69, 9.17) is 27.9 Å². The minimum Gasteiger partial charge on any atom is -0.505 e. The fourth-order valence-corrected chi connectivity index (χ4v) is 4.99. The Kier molecular flexibility index (Phi) is 7.89. The van der Waals surface area contributed by atoms with Crippen molar-refractivity contribution in [2.24, 2.45) is 10.2 Å². The predicted octanol–water partition coefficient (Wildman–Crippen LogP) is 7.47. The monoisotopic (exact) mass is 573 g/mol. The molecule has 0 heterocycles. The van der Waals surface area contributed by atoms with Crippen molar-refractivity contribution in [3.8, 4) is 11.5 Å². The molecule has 0 saturated carbocycles. The molecule has 0 aliphatic heterocycles. The van der Waals surface area contributed by atoms with Gasteiger partial charge in [0.1, 0.15) is 17.1 Å². The minimum atomic E-state index is -4.54. The number of ether oxygens (including phenoxy) is 1. The number of phenolic OH excluding ortho intramolecular Hbond substituents is 1. The molecule has 0 spiro atoms. The molecular formula is C26H21Cl2N3O6S. The molecule has 38 heavy (non-hydrogen) atoms. The molecule has 0 aliphatic carbocycles. The second kappa shape index (κ2) is 11.0. The summed E-state index contributed by atoms with van der Waals surface area (Å²) in [6.45, 7) is 3.66. The molecule has 0 radical (unpaired) electrons. The summed E-state index contributed by atoms with van der Waals surface area (Å²) in [5.41, 5.74) is 0.296. The molecule has 1 amide bonds. The number of amides is 1. The Hall–Kier alpha value is -3.70. The van der Waals surface area contributed by atoms with Gasteiger partial charge in [-0.1, -0.05) is 47.5 Å². The molecule has 0 fully saturated rings. The second-order valence-electron chi connectivity index (χ2n) is 8.07. The Morgan fingerprint density at radius 3 is 2.39 bits per heavy atom. The number of nitrogens with zero attached hydrogens (tertiary/aromatic N) is 2. The van der Waals surface area contributed by atoms with Crippen LogP contribution in [0.15, 0.2) is 75.8 Å². The van der Waals surface area contributed by atoms with E-state index in [0.29, 0.717) is 33.8 Å². The van der Waals surface area contributed by atoms with E-state index in [0.717, 1.165) is 6.07 Å². The van der Waals surface area contributed by atoms with Crippen molar-refractivity contribution >= 4 is 67.1 Å². The van der Waals surface area contributed by atoms with Gasteiger partial charge in [-0.2, -0.15) is 8.42 Å². The van der Waals surface area contributed by atoms with Gasteiger partial charge in [0.2, 0.25) is 0 Å². The van der Waals surface area contributed by atoms with Gasteiger partial charge in [-0.05, 0) is 61.2 Å². The van der Waals surface area contributed by atoms with E-state index in [2.05, 4.69) is 15.5 Å². The lowest BCUT2D eigenvalue weighted by atomic mass is 10.0. The summed E-state index contributed by atoms with van der Waals surface area (Å²) in [5.74, 6) is -0.621. The molecule has 0 saturated heterocycles.